The molecule has 96 valence electrons. The molecule has 0 saturated heterocycles. The minimum Gasteiger partial charge on any atom is -0.450 e. The number of nitrogens with one attached hydrogen (secondary N) is 1. The van der Waals surface area contributed by atoms with Gasteiger partial charge in [-0.1, -0.05) is 18.2 Å². The van der Waals surface area contributed by atoms with E-state index in [4.69, 9.17) is 20.4 Å². The monoisotopic (exact) mass is 249 g/mol. The Bertz CT molecular complexity index is 580. The van der Waals surface area contributed by atoms with Crippen LogP contribution in [0.4, 0.5) is 4.79 Å². The molecular weight excluding hydrogens is 234 g/mol. The number of carboxylic acid groups (broad SMARTS) is 2. The molecule has 3 N–H and O–H groups in total. The molecule has 0 unspecified atom stereocenters. The Hall–Kier alpha value is -2.50. The van der Waals surface area contributed by atoms with Gasteiger partial charge in [0.15, 0.2) is 0 Å². The van der Waals surface area contributed by atoms with Crippen molar-refractivity contribution in [3.8, 4) is 5.69 Å². The van der Waals surface area contributed by atoms with E-state index in [1.165, 1.54) is 0 Å². The highest BCUT2D eigenvalue weighted by Crippen LogP contribution is 2.04. The second-order valence-electron chi connectivity index (χ2n) is 3.62. The Labute approximate surface area is 104 Å². The van der Waals surface area contributed by atoms with Gasteiger partial charge in [-0.05, 0) is 19.1 Å². The third kappa shape index (κ3) is 3.24. The van der Waals surface area contributed by atoms with Crippen molar-refractivity contribution >= 4 is 6.16 Å². The van der Waals surface area contributed by atoms with Crippen LogP contribution in [0.1, 0.15) is 5.69 Å². The minimum absolute atomic E-state index is 0.510. The highest BCUT2D eigenvalue weighted by Gasteiger charge is 2.02. The van der Waals surface area contributed by atoms with Crippen LogP contribution in [0.25, 0.3) is 5.69 Å². The number of carbonyl (C=O) groups is 1. The summed E-state index contributed by atoms with van der Waals surface area (Å²) < 4.78 is 3.84. The van der Waals surface area contributed by atoms with Gasteiger partial charge in [0.2, 0.25) is 0 Å². The molecule has 0 aliphatic rings. The Morgan fingerprint density at radius 2 is 1.72 bits per heavy atom. The second kappa shape index (κ2) is 5.72. The third-order valence-corrected chi connectivity index (χ3v) is 2.38. The first kappa shape index (κ1) is 13.6. The molecule has 0 saturated carbocycles. The maximum Gasteiger partial charge on any atom is 0.503 e. The summed E-state index contributed by atoms with van der Waals surface area (Å²) in [6.45, 7) is 2.00. The quantitative estimate of drug-likeness (QED) is 0.720. The normalized spacial score (nSPS) is 9.44. The lowest BCUT2D eigenvalue weighted by molar-refractivity contribution is 0.137. The van der Waals surface area contributed by atoms with Crippen molar-refractivity contribution in [2.45, 2.75) is 6.92 Å². The molecule has 0 bridgehead atoms. The highest BCUT2D eigenvalue weighted by molar-refractivity contribution is 5.53. The maximum atomic E-state index is 8.56. The van der Waals surface area contributed by atoms with Crippen LogP contribution >= 0.6 is 0 Å². The maximum absolute atomic E-state index is 8.56. The van der Waals surface area contributed by atoms with Crippen LogP contribution in [-0.2, 0) is 7.05 Å². The van der Waals surface area contributed by atoms with Crippen molar-refractivity contribution in [1.82, 2.24) is 9.36 Å². The summed E-state index contributed by atoms with van der Waals surface area (Å²) in [4.78, 5) is 8.56. The number of aryl methyl sites for hydroxylation is 1. The topological polar surface area (TPSA) is 91.2 Å². The number of aromatic nitrogens is 2. The van der Waals surface area contributed by atoms with Crippen LogP contribution < -0.4 is 5.49 Å². The van der Waals surface area contributed by atoms with Gasteiger partial charge in [-0.25, -0.2) is 9.48 Å². The third-order valence-electron chi connectivity index (χ3n) is 2.38. The zero-order valence-corrected chi connectivity index (χ0v) is 10.2. The van der Waals surface area contributed by atoms with E-state index in [0.717, 1.165) is 11.4 Å². The molecule has 1 aromatic carbocycles. The summed E-state index contributed by atoms with van der Waals surface area (Å²) in [5.74, 6) is 0. The van der Waals surface area contributed by atoms with E-state index in [1.54, 1.807) is 0 Å². The largest absolute Gasteiger partial charge is 0.503 e. The number of benzene rings is 1. The van der Waals surface area contributed by atoms with Crippen LogP contribution in [-0.4, -0.2) is 25.7 Å². The molecule has 1 heterocycles. The lowest BCUT2D eigenvalue weighted by Gasteiger charge is -2.08. The molecular formula is C12H15N3O3. The van der Waals surface area contributed by atoms with Crippen molar-refractivity contribution in [2.75, 3.05) is 0 Å². The molecule has 2 rings (SSSR count). The minimum atomic E-state index is -1.83. The van der Waals surface area contributed by atoms with Gasteiger partial charge in [0, 0.05) is 18.8 Å². The van der Waals surface area contributed by atoms with Crippen LogP contribution in [0.3, 0.4) is 0 Å². The number of para-hydroxylation sites is 1. The molecule has 0 fully saturated rings. The Morgan fingerprint density at radius 1 is 1.22 bits per heavy atom. The first-order chi connectivity index (χ1) is 8.43. The summed E-state index contributed by atoms with van der Waals surface area (Å²) >= 11 is 0. The second-order valence-corrected chi connectivity index (χ2v) is 3.62. The average molecular weight is 249 g/mol. The summed E-state index contributed by atoms with van der Waals surface area (Å²) in [5, 5.41) is 21.8. The fourth-order valence-electron chi connectivity index (χ4n) is 1.55. The SMILES string of the molecule is Cc1cc(=N)n(-c2ccccc2)n1C.O=C(O)O. The summed E-state index contributed by atoms with van der Waals surface area (Å²) in [7, 11) is 1.96. The van der Waals surface area contributed by atoms with E-state index < -0.39 is 6.16 Å². The predicted molar refractivity (Wildman–Crippen MR) is 66.0 cm³/mol. The van der Waals surface area contributed by atoms with Crippen LogP contribution in [0.15, 0.2) is 36.4 Å². The molecule has 6 heteroatoms. The lowest BCUT2D eigenvalue weighted by atomic mass is 10.3. The van der Waals surface area contributed by atoms with E-state index in [9.17, 15) is 0 Å². The standard InChI is InChI=1S/C11H13N3.CH2O3/c1-9-8-11(12)14(13(9)2)10-6-4-3-5-7-10;2-1(3)4/h3-8,12H,1-2H3;(H2,2,3,4). The van der Waals surface area contributed by atoms with Crippen molar-refractivity contribution < 1.29 is 15.0 Å². The van der Waals surface area contributed by atoms with E-state index >= 15 is 0 Å². The van der Waals surface area contributed by atoms with Gasteiger partial charge in [0.05, 0.1) is 5.69 Å². The molecule has 0 spiro atoms. The van der Waals surface area contributed by atoms with Crippen molar-refractivity contribution in [1.29, 1.82) is 5.41 Å². The van der Waals surface area contributed by atoms with Gasteiger partial charge >= 0.3 is 6.16 Å². The Balaban J connectivity index is 0.000000357. The fraction of sp³-hybridized carbons (Fsp3) is 0.167. The molecule has 1 aromatic heterocycles. The van der Waals surface area contributed by atoms with E-state index in [0.29, 0.717) is 5.49 Å². The number of hydrogen-bond donors (Lipinski definition) is 3. The Kier molecular flexibility index (Phi) is 4.31. The van der Waals surface area contributed by atoms with Crippen LogP contribution in [0.2, 0.25) is 0 Å². The molecule has 2 aromatic rings. The number of rotatable bonds is 1. The Morgan fingerprint density at radius 3 is 2.11 bits per heavy atom. The van der Waals surface area contributed by atoms with Gasteiger partial charge in [0.25, 0.3) is 0 Å². The van der Waals surface area contributed by atoms with Crippen molar-refractivity contribution in [3.63, 3.8) is 0 Å². The molecule has 18 heavy (non-hydrogen) atoms. The zero-order chi connectivity index (χ0) is 13.7. The first-order valence-electron chi connectivity index (χ1n) is 5.21. The van der Waals surface area contributed by atoms with Crippen LogP contribution in [0, 0.1) is 12.3 Å². The fourth-order valence-corrected chi connectivity index (χ4v) is 1.55. The molecule has 0 aliphatic heterocycles. The predicted octanol–water partition coefficient (Wildman–Crippen LogP) is 1.83. The van der Waals surface area contributed by atoms with Gasteiger partial charge in [-0.2, -0.15) is 0 Å². The van der Waals surface area contributed by atoms with E-state index in [-0.39, 0.29) is 0 Å². The smallest absolute Gasteiger partial charge is 0.450 e. The van der Waals surface area contributed by atoms with Crippen LogP contribution in [0.5, 0.6) is 0 Å². The van der Waals surface area contributed by atoms with Crippen molar-refractivity contribution in [3.05, 3.63) is 47.6 Å². The molecule has 0 radical (unpaired) electrons. The zero-order valence-electron chi connectivity index (χ0n) is 10.2. The number of nitrogens with zero attached hydrogens (tertiary/aromatic N) is 2. The van der Waals surface area contributed by atoms with E-state index in [1.807, 2.05) is 59.7 Å². The van der Waals surface area contributed by atoms with Gasteiger partial charge in [-0.15, -0.1) is 0 Å². The molecule has 0 amide bonds. The van der Waals surface area contributed by atoms with Crippen molar-refractivity contribution in [2.24, 2.45) is 7.05 Å². The molecule has 0 aliphatic carbocycles. The van der Waals surface area contributed by atoms with Gasteiger partial charge in [0.1, 0.15) is 5.49 Å². The summed E-state index contributed by atoms with van der Waals surface area (Å²) in [5.41, 5.74) is 2.61. The van der Waals surface area contributed by atoms with Gasteiger partial charge < -0.3 is 10.2 Å². The summed E-state index contributed by atoms with van der Waals surface area (Å²) in [6, 6.07) is 11.8. The highest BCUT2D eigenvalue weighted by atomic mass is 16.6. The summed E-state index contributed by atoms with van der Waals surface area (Å²) in [6.07, 6.45) is -1.83. The molecule has 0 atom stereocenters. The van der Waals surface area contributed by atoms with E-state index in [2.05, 4.69) is 0 Å². The molecule has 6 nitrogen and oxygen atoms in total. The lowest BCUT2D eigenvalue weighted by Crippen LogP contribution is -2.19. The average Bonchev–Trinajstić information content (AvgIpc) is 2.53. The number of hydrogen-bond acceptors (Lipinski definition) is 2. The first-order valence-corrected chi connectivity index (χ1v) is 5.21. The van der Waals surface area contributed by atoms with Gasteiger partial charge in [-0.3, -0.25) is 10.1 Å².